The fourth-order valence-electron chi connectivity index (χ4n) is 4.12. The monoisotopic (exact) mass is 509 g/mol. The average Bonchev–Trinajstić information content (AvgIpc) is 3.32. The standard InChI is InChI=1S/C20H20Cl2F3N3O3S/c21-17-6-1-12(7-18(17)22)19(11-28-10-13-8-14(28)9-26-13)27-32(29,30)16-4-2-15(3-5-16)31-20(23,24)25/h1-7,13-14,19,26-27H,8-11H2/t13-,14-,19?/m1/s1. The quantitative estimate of drug-likeness (QED) is 0.591. The largest absolute Gasteiger partial charge is 0.573 e. The molecule has 0 radical (unpaired) electrons. The number of alkyl halides is 3. The van der Waals surface area contributed by atoms with Crippen LogP contribution in [-0.2, 0) is 10.0 Å². The van der Waals surface area contributed by atoms with Crippen LogP contribution in [0.25, 0.3) is 0 Å². The molecule has 4 rings (SSSR count). The Bertz CT molecular complexity index is 1080. The number of fused-ring (bicyclic) bond motifs is 2. The molecule has 6 nitrogen and oxygen atoms in total. The third kappa shape index (κ3) is 5.49. The Kier molecular flexibility index (Phi) is 6.63. The van der Waals surface area contributed by atoms with Crippen LogP contribution in [0.4, 0.5) is 13.2 Å². The zero-order chi connectivity index (χ0) is 23.1. The maximum atomic E-state index is 13.0. The highest BCUT2D eigenvalue weighted by Crippen LogP contribution is 2.31. The van der Waals surface area contributed by atoms with Crippen LogP contribution in [0, 0.1) is 0 Å². The lowest BCUT2D eigenvalue weighted by Gasteiger charge is -2.31. The summed E-state index contributed by atoms with van der Waals surface area (Å²) in [5.41, 5.74) is 0.635. The molecule has 2 aromatic carbocycles. The summed E-state index contributed by atoms with van der Waals surface area (Å²) < 4.78 is 69.7. The molecule has 32 heavy (non-hydrogen) atoms. The molecule has 2 fully saturated rings. The molecular weight excluding hydrogens is 490 g/mol. The Hall–Kier alpha value is -1.56. The normalized spacial score (nSPS) is 22.3. The summed E-state index contributed by atoms with van der Waals surface area (Å²) >= 11 is 12.2. The lowest BCUT2D eigenvalue weighted by molar-refractivity contribution is -0.274. The summed E-state index contributed by atoms with van der Waals surface area (Å²) in [7, 11) is -4.05. The molecule has 2 N–H and O–H groups in total. The molecule has 2 aliphatic rings. The topological polar surface area (TPSA) is 70.7 Å². The Morgan fingerprint density at radius 1 is 1.16 bits per heavy atom. The van der Waals surface area contributed by atoms with Crippen molar-refractivity contribution < 1.29 is 26.3 Å². The SMILES string of the molecule is O=S(=O)(NC(CN1C[C@H]2C[C@@H]1CN2)c1ccc(Cl)c(Cl)c1)c1ccc(OC(F)(F)F)cc1. The van der Waals surface area contributed by atoms with Gasteiger partial charge >= 0.3 is 6.36 Å². The van der Waals surface area contributed by atoms with E-state index in [2.05, 4.69) is 19.7 Å². The molecular formula is C20H20Cl2F3N3O3S. The van der Waals surface area contributed by atoms with Gasteiger partial charge in [0.15, 0.2) is 0 Å². The predicted octanol–water partition coefficient (Wildman–Crippen LogP) is 3.96. The number of sulfonamides is 1. The van der Waals surface area contributed by atoms with Crippen LogP contribution in [0.1, 0.15) is 18.0 Å². The second kappa shape index (κ2) is 9.00. The minimum Gasteiger partial charge on any atom is -0.406 e. The second-order valence-corrected chi connectivity index (χ2v) is 10.3. The number of piperazine rings is 1. The van der Waals surface area contributed by atoms with E-state index in [-0.39, 0.29) is 4.90 Å². The number of nitrogens with one attached hydrogen (secondary N) is 2. The van der Waals surface area contributed by atoms with E-state index in [1.807, 2.05) is 0 Å². The first-order chi connectivity index (χ1) is 15.0. The summed E-state index contributed by atoms with van der Waals surface area (Å²) in [6.45, 7) is 2.05. The number of ether oxygens (including phenoxy) is 1. The van der Waals surface area contributed by atoms with E-state index >= 15 is 0 Å². The molecule has 0 saturated carbocycles. The zero-order valence-electron chi connectivity index (χ0n) is 16.6. The van der Waals surface area contributed by atoms with Gasteiger partial charge in [0.05, 0.1) is 21.0 Å². The fraction of sp³-hybridized carbons (Fsp3) is 0.400. The Morgan fingerprint density at radius 2 is 1.88 bits per heavy atom. The smallest absolute Gasteiger partial charge is 0.406 e. The van der Waals surface area contributed by atoms with E-state index in [1.54, 1.807) is 18.2 Å². The van der Waals surface area contributed by atoms with Gasteiger partial charge < -0.3 is 10.1 Å². The number of halogens is 5. The van der Waals surface area contributed by atoms with Gasteiger partial charge in [0.1, 0.15) is 5.75 Å². The summed E-state index contributed by atoms with van der Waals surface area (Å²) in [4.78, 5) is 2.04. The summed E-state index contributed by atoms with van der Waals surface area (Å²) in [6, 6.07) is 9.03. The number of likely N-dealkylation sites (tertiary alicyclic amines) is 1. The first kappa shape index (κ1) is 23.6. The van der Waals surface area contributed by atoms with E-state index in [0.29, 0.717) is 34.2 Å². The van der Waals surface area contributed by atoms with Gasteiger partial charge in [-0.05, 0) is 48.4 Å². The molecule has 12 heteroatoms. The maximum Gasteiger partial charge on any atom is 0.573 e. The first-order valence-corrected chi connectivity index (χ1v) is 12.0. The molecule has 2 aromatic rings. The highest BCUT2D eigenvalue weighted by Gasteiger charge is 2.39. The third-order valence-corrected chi connectivity index (χ3v) is 7.82. The van der Waals surface area contributed by atoms with E-state index in [4.69, 9.17) is 23.2 Å². The van der Waals surface area contributed by atoms with Gasteiger partial charge in [-0.3, -0.25) is 4.90 Å². The Balaban J connectivity index is 1.57. The van der Waals surface area contributed by atoms with Crippen LogP contribution < -0.4 is 14.8 Å². The van der Waals surface area contributed by atoms with Crippen molar-refractivity contribution in [2.45, 2.75) is 35.8 Å². The van der Waals surface area contributed by atoms with E-state index in [1.165, 1.54) is 0 Å². The lowest BCUT2D eigenvalue weighted by atomic mass is 10.1. The highest BCUT2D eigenvalue weighted by molar-refractivity contribution is 7.89. The molecule has 174 valence electrons. The molecule has 2 bridgehead atoms. The maximum absolute atomic E-state index is 13.0. The molecule has 0 amide bonds. The van der Waals surface area contributed by atoms with Crippen molar-refractivity contribution in [3.63, 3.8) is 0 Å². The van der Waals surface area contributed by atoms with Crippen molar-refractivity contribution in [2.24, 2.45) is 0 Å². The number of nitrogens with zero attached hydrogens (tertiary/aromatic N) is 1. The van der Waals surface area contributed by atoms with Gasteiger partial charge in [0.2, 0.25) is 10.0 Å². The van der Waals surface area contributed by atoms with Crippen molar-refractivity contribution in [2.75, 3.05) is 19.6 Å². The molecule has 0 aromatic heterocycles. The molecule has 2 aliphatic heterocycles. The second-order valence-electron chi connectivity index (χ2n) is 7.82. The fourth-order valence-corrected chi connectivity index (χ4v) is 5.64. The van der Waals surface area contributed by atoms with E-state index in [9.17, 15) is 21.6 Å². The van der Waals surface area contributed by atoms with Gasteiger partial charge in [-0.25, -0.2) is 13.1 Å². The van der Waals surface area contributed by atoms with Crippen LogP contribution in [0.2, 0.25) is 10.0 Å². The van der Waals surface area contributed by atoms with Gasteiger partial charge in [-0.15, -0.1) is 13.2 Å². The first-order valence-electron chi connectivity index (χ1n) is 9.81. The van der Waals surface area contributed by atoms with Crippen LogP contribution in [0.15, 0.2) is 47.4 Å². The van der Waals surface area contributed by atoms with Crippen LogP contribution in [0.3, 0.4) is 0 Å². The number of rotatable bonds is 7. The van der Waals surface area contributed by atoms with Gasteiger partial charge in [-0.1, -0.05) is 29.3 Å². The lowest BCUT2D eigenvalue weighted by Crippen LogP contribution is -2.47. The van der Waals surface area contributed by atoms with Crippen LogP contribution >= 0.6 is 23.2 Å². The minimum atomic E-state index is -4.86. The third-order valence-electron chi connectivity index (χ3n) is 5.60. The van der Waals surface area contributed by atoms with Crippen LogP contribution in [-0.4, -0.2) is 51.4 Å². The van der Waals surface area contributed by atoms with Crippen molar-refractivity contribution in [1.29, 1.82) is 0 Å². The molecule has 3 atom stereocenters. The van der Waals surface area contributed by atoms with Crippen molar-refractivity contribution in [3.05, 3.63) is 58.1 Å². The molecule has 0 spiro atoms. The van der Waals surface area contributed by atoms with Crippen LogP contribution in [0.5, 0.6) is 5.75 Å². The summed E-state index contributed by atoms with van der Waals surface area (Å²) in [6.07, 6.45) is -3.86. The molecule has 1 unspecified atom stereocenters. The number of hydrogen-bond acceptors (Lipinski definition) is 5. The van der Waals surface area contributed by atoms with Gasteiger partial charge in [-0.2, -0.15) is 0 Å². The average molecular weight is 510 g/mol. The number of hydrogen-bond donors (Lipinski definition) is 2. The number of benzene rings is 2. The minimum absolute atomic E-state index is 0.179. The highest BCUT2D eigenvalue weighted by atomic mass is 35.5. The Morgan fingerprint density at radius 3 is 2.44 bits per heavy atom. The Labute approximate surface area is 193 Å². The molecule has 2 heterocycles. The van der Waals surface area contributed by atoms with Crippen molar-refractivity contribution in [1.82, 2.24) is 14.9 Å². The summed E-state index contributed by atoms with van der Waals surface area (Å²) in [5.74, 6) is -0.502. The van der Waals surface area contributed by atoms with Crippen molar-refractivity contribution in [3.8, 4) is 5.75 Å². The van der Waals surface area contributed by atoms with Gasteiger partial charge in [0.25, 0.3) is 0 Å². The zero-order valence-corrected chi connectivity index (χ0v) is 18.9. The van der Waals surface area contributed by atoms with E-state index < -0.39 is 28.2 Å². The predicted molar refractivity (Wildman–Crippen MR) is 114 cm³/mol. The van der Waals surface area contributed by atoms with Crippen molar-refractivity contribution >= 4 is 33.2 Å². The molecule has 0 aliphatic carbocycles. The van der Waals surface area contributed by atoms with E-state index in [0.717, 1.165) is 43.8 Å². The molecule has 2 saturated heterocycles. The van der Waals surface area contributed by atoms with Gasteiger partial charge in [0, 0.05) is 31.7 Å². The summed E-state index contributed by atoms with van der Waals surface area (Å²) in [5, 5.41) is 4.05.